The lowest BCUT2D eigenvalue weighted by atomic mass is 9.90. The maximum Gasteiger partial charge on any atom is 0.193 e. The summed E-state index contributed by atoms with van der Waals surface area (Å²) >= 11 is 0. The molecule has 8 heteroatoms. The second-order valence-corrected chi connectivity index (χ2v) is 8.42. The van der Waals surface area contributed by atoms with E-state index in [1.165, 1.54) is 5.56 Å². The fourth-order valence-electron chi connectivity index (χ4n) is 4.27. The Balaban J connectivity index is 0.00000363. The summed E-state index contributed by atoms with van der Waals surface area (Å²) in [5, 5.41) is 11.8. The number of benzene rings is 1. The fourth-order valence-corrected chi connectivity index (χ4v) is 4.27. The van der Waals surface area contributed by atoms with E-state index in [9.17, 15) is 0 Å². The summed E-state index contributed by atoms with van der Waals surface area (Å²) in [6, 6.07) is 10.9. The smallest absolute Gasteiger partial charge is 0.193 e. The van der Waals surface area contributed by atoms with Crippen molar-refractivity contribution in [2.75, 3.05) is 33.3 Å². The summed E-state index contributed by atoms with van der Waals surface area (Å²) in [5.74, 6) is 0.928. The van der Waals surface area contributed by atoms with Crippen molar-refractivity contribution < 1.29 is 4.74 Å². The Morgan fingerprint density at radius 1 is 1.28 bits per heavy atom. The number of rotatable bonds is 8. The van der Waals surface area contributed by atoms with E-state index in [4.69, 9.17) is 4.74 Å². The van der Waals surface area contributed by atoms with Gasteiger partial charge in [0.15, 0.2) is 5.96 Å². The third kappa shape index (κ3) is 6.68. The monoisotopic (exact) mass is 554 g/mol. The molecule has 3 rings (SSSR count). The SMILES string of the molecule is CCC(CC)(CNC(=NC)N1CCOC(c2cnn(C)c2)C1)NC(C)c1ccccc1.I. The number of hydrogen-bond acceptors (Lipinski definition) is 4. The predicted molar refractivity (Wildman–Crippen MR) is 142 cm³/mol. The number of aromatic nitrogens is 2. The van der Waals surface area contributed by atoms with Crippen molar-refractivity contribution in [1.29, 1.82) is 0 Å². The van der Waals surface area contributed by atoms with Crippen LogP contribution in [0.25, 0.3) is 0 Å². The lowest BCUT2D eigenvalue weighted by Gasteiger charge is -2.39. The number of aliphatic imine (C=N–C) groups is 1. The number of nitrogens with zero attached hydrogens (tertiary/aromatic N) is 4. The highest BCUT2D eigenvalue weighted by Crippen LogP contribution is 2.23. The molecule has 1 aromatic heterocycles. The zero-order chi connectivity index (χ0) is 22.3. The number of ether oxygens (including phenoxy) is 1. The van der Waals surface area contributed by atoms with Crippen LogP contribution in [0.5, 0.6) is 0 Å². The maximum absolute atomic E-state index is 6.00. The Labute approximate surface area is 210 Å². The minimum absolute atomic E-state index is 0. The van der Waals surface area contributed by atoms with Crippen LogP contribution in [0.1, 0.15) is 56.9 Å². The molecule has 2 unspecified atom stereocenters. The van der Waals surface area contributed by atoms with Crippen LogP contribution in [-0.4, -0.2) is 59.5 Å². The topological polar surface area (TPSA) is 66.7 Å². The highest BCUT2D eigenvalue weighted by molar-refractivity contribution is 14.0. The van der Waals surface area contributed by atoms with Crippen molar-refractivity contribution in [1.82, 2.24) is 25.3 Å². The van der Waals surface area contributed by atoms with Crippen LogP contribution >= 0.6 is 24.0 Å². The molecule has 2 heterocycles. The van der Waals surface area contributed by atoms with E-state index in [2.05, 4.69) is 76.7 Å². The molecule has 1 saturated heterocycles. The molecule has 0 radical (unpaired) electrons. The van der Waals surface area contributed by atoms with Gasteiger partial charge < -0.3 is 20.3 Å². The lowest BCUT2D eigenvalue weighted by molar-refractivity contribution is -0.00816. The van der Waals surface area contributed by atoms with Crippen molar-refractivity contribution in [2.45, 2.75) is 51.3 Å². The summed E-state index contributed by atoms with van der Waals surface area (Å²) in [6.07, 6.45) is 5.99. The van der Waals surface area contributed by atoms with Gasteiger partial charge in [0.05, 0.1) is 19.3 Å². The second kappa shape index (κ2) is 12.6. The largest absolute Gasteiger partial charge is 0.370 e. The molecule has 0 spiro atoms. The molecule has 1 aliphatic rings. The van der Waals surface area contributed by atoms with Crippen LogP contribution in [-0.2, 0) is 11.8 Å². The first-order valence-electron chi connectivity index (χ1n) is 11.4. The second-order valence-electron chi connectivity index (χ2n) is 8.42. The molecule has 1 aromatic carbocycles. The van der Waals surface area contributed by atoms with Crippen molar-refractivity contribution >= 4 is 29.9 Å². The van der Waals surface area contributed by atoms with E-state index in [1.807, 2.05) is 31.2 Å². The van der Waals surface area contributed by atoms with Crippen LogP contribution in [0, 0.1) is 0 Å². The first-order chi connectivity index (χ1) is 15.0. The van der Waals surface area contributed by atoms with Gasteiger partial charge in [-0.25, -0.2) is 0 Å². The molecule has 178 valence electrons. The first-order valence-corrected chi connectivity index (χ1v) is 11.4. The molecule has 2 N–H and O–H groups in total. The number of aryl methyl sites for hydroxylation is 1. The normalized spacial score (nSPS) is 18.2. The average molecular weight is 555 g/mol. The summed E-state index contributed by atoms with van der Waals surface area (Å²) in [4.78, 5) is 6.87. The Hall–Kier alpha value is -1.65. The molecular weight excluding hydrogens is 515 g/mol. The van der Waals surface area contributed by atoms with Gasteiger partial charge >= 0.3 is 0 Å². The van der Waals surface area contributed by atoms with Gasteiger partial charge in [0.1, 0.15) is 6.10 Å². The molecule has 2 aromatic rings. The molecule has 0 saturated carbocycles. The summed E-state index contributed by atoms with van der Waals surface area (Å²) < 4.78 is 7.82. The zero-order valence-corrected chi connectivity index (χ0v) is 22.4. The molecule has 2 atom stereocenters. The molecule has 1 aliphatic heterocycles. The number of hydrogen-bond donors (Lipinski definition) is 2. The highest BCUT2D eigenvalue weighted by Gasteiger charge is 2.30. The van der Waals surface area contributed by atoms with Crippen LogP contribution in [0.3, 0.4) is 0 Å². The molecule has 0 bridgehead atoms. The van der Waals surface area contributed by atoms with Gasteiger partial charge in [0.2, 0.25) is 0 Å². The number of nitrogens with one attached hydrogen (secondary N) is 2. The van der Waals surface area contributed by atoms with E-state index in [0.717, 1.165) is 44.0 Å². The van der Waals surface area contributed by atoms with Crippen LogP contribution < -0.4 is 10.6 Å². The first kappa shape index (κ1) is 26.6. The molecule has 1 fully saturated rings. The van der Waals surface area contributed by atoms with Crippen molar-refractivity contribution in [2.24, 2.45) is 12.0 Å². The van der Waals surface area contributed by atoms with E-state index in [0.29, 0.717) is 6.61 Å². The lowest BCUT2D eigenvalue weighted by Crippen LogP contribution is -2.56. The van der Waals surface area contributed by atoms with E-state index in [-0.39, 0.29) is 41.7 Å². The standard InChI is InChI=1S/C24H38N6O.HI/c1-6-24(7-2,28-19(3)20-11-9-8-10-12-20)18-26-23(25-4)30-13-14-31-22(17-30)21-15-27-29(5)16-21;/h8-12,15-16,19,22,28H,6-7,13-14,17-18H2,1-5H3,(H,25,26);1H. The van der Waals surface area contributed by atoms with Crippen LogP contribution in [0.2, 0.25) is 0 Å². The quantitative estimate of drug-likeness (QED) is 0.295. The highest BCUT2D eigenvalue weighted by atomic mass is 127. The van der Waals surface area contributed by atoms with E-state index < -0.39 is 0 Å². The van der Waals surface area contributed by atoms with Crippen molar-refractivity contribution in [3.63, 3.8) is 0 Å². The van der Waals surface area contributed by atoms with E-state index in [1.54, 1.807) is 0 Å². The van der Waals surface area contributed by atoms with Gasteiger partial charge in [0, 0.05) is 50.5 Å². The van der Waals surface area contributed by atoms with Crippen LogP contribution in [0.15, 0.2) is 47.7 Å². The number of halogens is 1. The Morgan fingerprint density at radius 3 is 2.59 bits per heavy atom. The summed E-state index contributed by atoms with van der Waals surface area (Å²) in [5.41, 5.74) is 2.41. The average Bonchev–Trinajstić information content (AvgIpc) is 3.25. The van der Waals surface area contributed by atoms with Crippen molar-refractivity contribution in [3.05, 3.63) is 53.9 Å². The zero-order valence-electron chi connectivity index (χ0n) is 20.0. The Bertz CT molecular complexity index is 836. The van der Waals surface area contributed by atoms with Gasteiger partial charge in [0.25, 0.3) is 0 Å². The van der Waals surface area contributed by atoms with Gasteiger partial charge in [-0.1, -0.05) is 44.2 Å². The van der Waals surface area contributed by atoms with Gasteiger partial charge in [-0.05, 0) is 25.3 Å². The number of guanidine groups is 1. The molecular formula is C24H39IN6O. The predicted octanol–water partition coefficient (Wildman–Crippen LogP) is 3.90. The third-order valence-electron chi connectivity index (χ3n) is 6.44. The van der Waals surface area contributed by atoms with Crippen LogP contribution in [0.4, 0.5) is 0 Å². The van der Waals surface area contributed by atoms with Gasteiger partial charge in [-0.2, -0.15) is 5.10 Å². The minimum Gasteiger partial charge on any atom is -0.370 e. The van der Waals surface area contributed by atoms with E-state index >= 15 is 0 Å². The molecule has 0 amide bonds. The number of morpholine rings is 1. The maximum atomic E-state index is 6.00. The Kier molecular flexibility index (Phi) is 10.4. The molecule has 7 nitrogen and oxygen atoms in total. The fraction of sp³-hybridized carbons (Fsp3) is 0.583. The van der Waals surface area contributed by atoms with Crippen molar-refractivity contribution in [3.8, 4) is 0 Å². The molecule has 32 heavy (non-hydrogen) atoms. The molecule has 0 aliphatic carbocycles. The third-order valence-corrected chi connectivity index (χ3v) is 6.44. The van der Waals surface area contributed by atoms with Gasteiger partial charge in [-0.3, -0.25) is 9.67 Å². The minimum atomic E-state index is -0.0137. The Morgan fingerprint density at radius 2 is 2.00 bits per heavy atom. The summed E-state index contributed by atoms with van der Waals surface area (Å²) in [6.45, 7) is 9.84. The van der Waals surface area contributed by atoms with Gasteiger partial charge in [-0.15, -0.1) is 24.0 Å². The summed E-state index contributed by atoms with van der Waals surface area (Å²) in [7, 11) is 3.79.